The maximum Gasteiger partial charge on any atom is 0.409 e. The maximum atomic E-state index is 12.0. The highest BCUT2D eigenvalue weighted by Crippen LogP contribution is 2.57. The Morgan fingerprint density at radius 1 is 1.37 bits per heavy atom. The molecular weight excluding hydrogens is 242 g/mol. The van der Waals surface area contributed by atoms with Crippen LogP contribution < -0.4 is 0 Å². The van der Waals surface area contributed by atoms with Gasteiger partial charge in [0.25, 0.3) is 0 Å². The van der Waals surface area contributed by atoms with Gasteiger partial charge in [0, 0.05) is 25.4 Å². The largest absolute Gasteiger partial charge is 0.450 e. The highest BCUT2D eigenvalue weighted by molar-refractivity contribution is 5.89. The molecule has 0 radical (unpaired) electrons. The molecule has 4 nitrogen and oxygen atoms in total. The molecule has 2 rings (SSSR count). The van der Waals surface area contributed by atoms with Gasteiger partial charge < -0.3 is 9.64 Å². The molecule has 1 atom stereocenters. The normalized spacial score (nSPS) is 26.2. The van der Waals surface area contributed by atoms with Crippen LogP contribution in [-0.2, 0) is 9.53 Å². The fourth-order valence-electron chi connectivity index (χ4n) is 3.98. The molecule has 0 bridgehead atoms. The number of ketones is 1. The quantitative estimate of drug-likeness (QED) is 0.734. The zero-order chi connectivity index (χ0) is 14.3. The number of likely N-dealkylation sites (tertiary alicyclic amines) is 1. The number of amides is 1. The first kappa shape index (κ1) is 14.4. The van der Waals surface area contributed by atoms with Gasteiger partial charge in [-0.25, -0.2) is 4.79 Å². The van der Waals surface area contributed by atoms with Crippen molar-refractivity contribution in [2.75, 3.05) is 19.7 Å². The zero-order valence-electron chi connectivity index (χ0n) is 12.5. The summed E-state index contributed by atoms with van der Waals surface area (Å²) in [6.07, 6.45) is 2.35. The topological polar surface area (TPSA) is 46.6 Å². The highest BCUT2D eigenvalue weighted by Gasteiger charge is 2.58. The Morgan fingerprint density at radius 2 is 1.95 bits per heavy atom. The molecule has 1 saturated carbocycles. The van der Waals surface area contributed by atoms with E-state index in [1.807, 2.05) is 6.92 Å². The van der Waals surface area contributed by atoms with E-state index in [2.05, 4.69) is 20.8 Å². The summed E-state index contributed by atoms with van der Waals surface area (Å²) in [7, 11) is 0. The van der Waals surface area contributed by atoms with E-state index in [-0.39, 0.29) is 22.8 Å². The summed E-state index contributed by atoms with van der Waals surface area (Å²) < 4.78 is 5.04. The van der Waals surface area contributed by atoms with Gasteiger partial charge in [0.15, 0.2) is 0 Å². The number of Topliss-reactive ketones (excluding diaryl/α,β-unsaturated/α-hetero) is 1. The summed E-state index contributed by atoms with van der Waals surface area (Å²) >= 11 is 0. The van der Waals surface area contributed by atoms with Gasteiger partial charge in [-0.1, -0.05) is 20.8 Å². The summed E-state index contributed by atoms with van der Waals surface area (Å²) in [5.74, 6) is 0.557. The lowest BCUT2D eigenvalue weighted by Crippen LogP contribution is -2.59. The van der Waals surface area contributed by atoms with Crippen molar-refractivity contribution in [2.45, 2.75) is 47.0 Å². The number of rotatable bonds is 1. The Balaban J connectivity index is 2.00. The number of ether oxygens (including phenoxy) is 1. The molecule has 0 N–H and O–H groups in total. The lowest BCUT2D eigenvalue weighted by atomic mass is 9.48. The molecule has 1 heterocycles. The average Bonchev–Trinajstić information content (AvgIpc) is 2.27. The first-order valence-electron chi connectivity index (χ1n) is 7.24. The van der Waals surface area contributed by atoms with Crippen LogP contribution in [0.4, 0.5) is 4.79 Å². The van der Waals surface area contributed by atoms with Gasteiger partial charge >= 0.3 is 6.09 Å². The van der Waals surface area contributed by atoms with Gasteiger partial charge in [0.05, 0.1) is 6.61 Å². The van der Waals surface area contributed by atoms with Crippen molar-refractivity contribution in [1.29, 1.82) is 0 Å². The molecule has 1 unspecified atom stereocenters. The van der Waals surface area contributed by atoms with Gasteiger partial charge in [-0.2, -0.15) is 0 Å². The Bertz CT molecular complexity index is 375. The number of carbonyl (C=O) groups excluding carboxylic acids is 2. The minimum absolute atomic E-state index is 0.0292. The third kappa shape index (κ3) is 2.49. The van der Waals surface area contributed by atoms with E-state index in [4.69, 9.17) is 4.74 Å². The van der Waals surface area contributed by atoms with Crippen LogP contribution in [0.25, 0.3) is 0 Å². The molecule has 1 amide bonds. The van der Waals surface area contributed by atoms with Crippen molar-refractivity contribution in [3.8, 4) is 0 Å². The van der Waals surface area contributed by atoms with Crippen LogP contribution >= 0.6 is 0 Å². The summed E-state index contributed by atoms with van der Waals surface area (Å²) in [6, 6.07) is 0. The van der Waals surface area contributed by atoms with E-state index in [9.17, 15) is 9.59 Å². The van der Waals surface area contributed by atoms with Crippen molar-refractivity contribution in [3.05, 3.63) is 0 Å². The summed E-state index contributed by atoms with van der Waals surface area (Å²) in [4.78, 5) is 25.4. The van der Waals surface area contributed by atoms with Crippen LogP contribution in [0.2, 0.25) is 0 Å². The van der Waals surface area contributed by atoms with Crippen molar-refractivity contribution < 1.29 is 14.3 Å². The lowest BCUT2D eigenvalue weighted by Gasteiger charge is -2.56. The van der Waals surface area contributed by atoms with E-state index in [1.165, 1.54) is 0 Å². The predicted octanol–water partition coefficient (Wildman–Crippen LogP) is 2.86. The van der Waals surface area contributed by atoms with E-state index in [1.54, 1.807) is 4.90 Å². The third-order valence-electron chi connectivity index (χ3n) is 4.61. The predicted molar refractivity (Wildman–Crippen MR) is 72.8 cm³/mol. The lowest BCUT2D eigenvalue weighted by molar-refractivity contribution is -0.157. The van der Waals surface area contributed by atoms with Gasteiger partial charge in [-0.05, 0) is 30.6 Å². The molecule has 0 aromatic rings. The number of hydrogen-bond acceptors (Lipinski definition) is 3. The fourth-order valence-corrected chi connectivity index (χ4v) is 3.98. The second-order valence-corrected chi connectivity index (χ2v) is 6.99. The first-order chi connectivity index (χ1) is 8.80. The number of hydrogen-bond donors (Lipinski definition) is 0. The Hall–Kier alpha value is -1.06. The molecule has 0 aromatic heterocycles. The maximum absolute atomic E-state index is 12.0. The molecule has 2 aliphatic rings. The monoisotopic (exact) mass is 267 g/mol. The van der Waals surface area contributed by atoms with E-state index in [0.29, 0.717) is 18.8 Å². The number of nitrogens with zero attached hydrogens (tertiary/aromatic N) is 1. The van der Waals surface area contributed by atoms with Crippen molar-refractivity contribution in [3.63, 3.8) is 0 Å². The van der Waals surface area contributed by atoms with Crippen LogP contribution in [0.1, 0.15) is 47.0 Å². The van der Waals surface area contributed by atoms with Crippen LogP contribution in [0, 0.1) is 16.7 Å². The van der Waals surface area contributed by atoms with E-state index >= 15 is 0 Å². The third-order valence-corrected chi connectivity index (χ3v) is 4.61. The Kier molecular flexibility index (Phi) is 3.63. The van der Waals surface area contributed by atoms with E-state index < -0.39 is 0 Å². The summed E-state index contributed by atoms with van der Waals surface area (Å²) in [5, 5.41) is 0. The fraction of sp³-hybridized carbons (Fsp3) is 0.867. The zero-order valence-corrected chi connectivity index (χ0v) is 12.5. The number of piperidine rings is 1. The molecule has 108 valence electrons. The van der Waals surface area contributed by atoms with Crippen LogP contribution in [-0.4, -0.2) is 36.5 Å². The van der Waals surface area contributed by atoms with Crippen molar-refractivity contribution in [1.82, 2.24) is 4.90 Å². The summed E-state index contributed by atoms with van der Waals surface area (Å²) in [5.41, 5.74) is 0.166. The second-order valence-electron chi connectivity index (χ2n) is 6.99. The molecule has 2 fully saturated rings. The molecule has 0 aromatic carbocycles. The standard InChI is InChI=1S/C15H25NO3/c1-5-19-13(18)16-8-6-15(7-9-16)10-11(17)12(15)14(2,3)4/h12H,5-10H2,1-4H3. The second kappa shape index (κ2) is 4.80. The SMILES string of the molecule is CCOC(=O)N1CCC2(CC1)CC(=O)C2C(C)(C)C. The summed E-state index contributed by atoms with van der Waals surface area (Å²) in [6.45, 7) is 10.1. The smallest absolute Gasteiger partial charge is 0.409 e. The van der Waals surface area contributed by atoms with Crippen molar-refractivity contribution in [2.24, 2.45) is 16.7 Å². The van der Waals surface area contributed by atoms with Gasteiger partial charge in [0.1, 0.15) is 5.78 Å². The highest BCUT2D eigenvalue weighted by atomic mass is 16.6. The van der Waals surface area contributed by atoms with Crippen molar-refractivity contribution >= 4 is 11.9 Å². The van der Waals surface area contributed by atoms with Gasteiger partial charge in [-0.15, -0.1) is 0 Å². The average molecular weight is 267 g/mol. The van der Waals surface area contributed by atoms with E-state index in [0.717, 1.165) is 25.9 Å². The molecule has 1 spiro atoms. The van der Waals surface area contributed by atoms with Crippen LogP contribution in [0.5, 0.6) is 0 Å². The molecule has 1 aliphatic heterocycles. The Labute approximate surface area is 115 Å². The van der Waals surface area contributed by atoms with Crippen LogP contribution in [0.3, 0.4) is 0 Å². The Morgan fingerprint density at radius 3 is 2.37 bits per heavy atom. The number of carbonyl (C=O) groups is 2. The van der Waals surface area contributed by atoms with Gasteiger partial charge in [0.2, 0.25) is 0 Å². The minimum Gasteiger partial charge on any atom is -0.450 e. The first-order valence-corrected chi connectivity index (χ1v) is 7.24. The minimum atomic E-state index is -0.213. The van der Waals surface area contributed by atoms with Gasteiger partial charge in [-0.3, -0.25) is 4.79 Å². The molecule has 4 heteroatoms. The molecule has 1 saturated heterocycles. The molecular formula is C15H25NO3. The molecule has 1 aliphatic carbocycles. The van der Waals surface area contributed by atoms with Crippen LogP contribution in [0.15, 0.2) is 0 Å². The molecule has 19 heavy (non-hydrogen) atoms.